The highest BCUT2D eigenvalue weighted by atomic mass is 19.4. The van der Waals surface area contributed by atoms with Crippen molar-refractivity contribution < 1.29 is 27.1 Å². The van der Waals surface area contributed by atoms with Crippen molar-refractivity contribution >= 4 is 5.91 Å². The minimum atomic E-state index is -4.90. The fourth-order valence-electron chi connectivity index (χ4n) is 2.29. The average molecular weight is 366 g/mol. The molecule has 0 radical (unpaired) electrons. The number of H-pyrrole nitrogens is 1. The number of nitrogens with one attached hydrogen (secondary N) is 1. The van der Waals surface area contributed by atoms with Crippen LogP contribution in [0.3, 0.4) is 0 Å². The van der Waals surface area contributed by atoms with E-state index < -0.39 is 23.8 Å². The first-order chi connectivity index (χ1) is 12.2. The van der Waals surface area contributed by atoms with Gasteiger partial charge in [-0.05, 0) is 29.8 Å². The first kappa shape index (κ1) is 17.4. The monoisotopic (exact) mass is 366 g/mol. The Bertz CT molecular complexity index is 969. The SMILES string of the molecule is NC(=O)c1nc(-c2cc(F)cc(-c3ccccc3OC(F)(F)F)c2)n[nH]1. The Balaban J connectivity index is 2.07. The van der Waals surface area contributed by atoms with E-state index in [-0.39, 0.29) is 28.3 Å². The van der Waals surface area contributed by atoms with E-state index in [1.165, 1.54) is 24.3 Å². The first-order valence-electron chi connectivity index (χ1n) is 7.11. The summed E-state index contributed by atoms with van der Waals surface area (Å²) in [5.74, 6) is -2.33. The topological polar surface area (TPSA) is 93.9 Å². The zero-order valence-electron chi connectivity index (χ0n) is 12.8. The van der Waals surface area contributed by atoms with E-state index >= 15 is 0 Å². The van der Waals surface area contributed by atoms with E-state index in [1.807, 2.05) is 0 Å². The van der Waals surface area contributed by atoms with Crippen LogP contribution in [0.2, 0.25) is 0 Å². The molecule has 0 saturated carbocycles. The minimum Gasteiger partial charge on any atom is -0.405 e. The molecule has 0 bridgehead atoms. The van der Waals surface area contributed by atoms with Crippen molar-refractivity contribution in [3.05, 3.63) is 54.1 Å². The number of alkyl halides is 3. The van der Waals surface area contributed by atoms with Gasteiger partial charge in [-0.25, -0.2) is 9.37 Å². The Hall–Kier alpha value is -3.43. The van der Waals surface area contributed by atoms with E-state index in [9.17, 15) is 22.4 Å². The van der Waals surface area contributed by atoms with Crippen molar-refractivity contribution in [2.75, 3.05) is 0 Å². The van der Waals surface area contributed by atoms with Crippen LogP contribution in [-0.4, -0.2) is 27.5 Å². The maximum atomic E-state index is 14.0. The molecule has 3 rings (SSSR count). The molecule has 134 valence electrons. The first-order valence-corrected chi connectivity index (χ1v) is 7.11. The molecule has 3 N–H and O–H groups in total. The molecule has 0 aliphatic carbocycles. The normalized spacial score (nSPS) is 11.4. The van der Waals surface area contributed by atoms with Crippen molar-refractivity contribution in [3.63, 3.8) is 0 Å². The predicted molar refractivity (Wildman–Crippen MR) is 82.4 cm³/mol. The molecule has 3 aromatic rings. The second kappa shape index (κ2) is 6.47. The smallest absolute Gasteiger partial charge is 0.405 e. The fraction of sp³-hybridized carbons (Fsp3) is 0.0625. The lowest BCUT2D eigenvalue weighted by molar-refractivity contribution is -0.274. The van der Waals surface area contributed by atoms with Crippen molar-refractivity contribution in [3.8, 4) is 28.3 Å². The molecule has 0 fully saturated rings. The van der Waals surface area contributed by atoms with E-state index in [0.717, 1.165) is 18.2 Å². The number of nitrogens with two attached hydrogens (primary N) is 1. The van der Waals surface area contributed by atoms with Crippen molar-refractivity contribution in [1.82, 2.24) is 15.2 Å². The number of para-hydroxylation sites is 1. The van der Waals surface area contributed by atoms with E-state index in [0.29, 0.717) is 0 Å². The number of hydrogen-bond acceptors (Lipinski definition) is 4. The largest absolute Gasteiger partial charge is 0.573 e. The van der Waals surface area contributed by atoms with Crippen LogP contribution in [0.4, 0.5) is 17.6 Å². The summed E-state index contributed by atoms with van der Waals surface area (Å²) < 4.78 is 55.7. The highest BCUT2D eigenvalue weighted by Gasteiger charge is 2.32. The number of nitrogens with zero attached hydrogens (tertiary/aromatic N) is 2. The zero-order chi connectivity index (χ0) is 18.9. The quantitative estimate of drug-likeness (QED) is 0.693. The van der Waals surface area contributed by atoms with Crippen LogP contribution in [0.5, 0.6) is 5.75 Å². The van der Waals surface area contributed by atoms with Crippen LogP contribution in [-0.2, 0) is 0 Å². The summed E-state index contributed by atoms with van der Waals surface area (Å²) in [4.78, 5) is 14.9. The number of carbonyl (C=O) groups is 1. The van der Waals surface area contributed by atoms with Crippen molar-refractivity contribution in [2.24, 2.45) is 5.73 Å². The molecule has 26 heavy (non-hydrogen) atoms. The van der Waals surface area contributed by atoms with Crippen molar-refractivity contribution in [1.29, 1.82) is 0 Å². The van der Waals surface area contributed by atoms with Crippen LogP contribution in [0.1, 0.15) is 10.6 Å². The Morgan fingerprint density at radius 2 is 1.81 bits per heavy atom. The molecule has 10 heteroatoms. The van der Waals surface area contributed by atoms with Gasteiger partial charge < -0.3 is 10.5 Å². The Kier molecular flexibility index (Phi) is 4.33. The van der Waals surface area contributed by atoms with Gasteiger partial charge in [-0.1, -0.05) is 18.2 Å². The van der Waals surface area contributed by atoms with Gasteiger partial charge >= 0.3 is 6.36 Å². The Morgan fingerprint density at radius 1 is 1.12 bits per heavy atom. The van der Waals surface area contributed by atoms with Crippen LogP contribution < -0.4 is 10.5 Å². The maximum Gasteiger partial charge on any atom is 0.573 e. The summed E-state index contributed by atoms with van der Waals surface area (Å²) in [6.45, 7) is 0. The third-order valence-electron chi connectivity index (χ3n) is 3.30. The van der Waals surface area contributed by atoms with E-state index in [1.54, 1.807) is 0 Å². The number of primary amides is 1. The highest BCUT2D eigenvalue weighted by molar-refractivity contribution is 5.89. The summed E-state index contributed by atoms with van der Waals surface area (Å²) in [7, 11) is 0. The molecule has 0 unspecified atom stereocenters. The second-order valence-corrected chi connectivity index (χ2v) is 5.14. The number of aromatic amines is 1. The number of rotatable bonds is 4. The van der Waals surface area contributed by atoms with Crippen LogP contribution >= 0.6 is 0 Å². The molecule has 0 spiro atoms. The molecule has 0 aliphatic rings. The molecule has 1 heterocycles. The predicted octanol–water partition coefficient (Wildman–Crippen LogP) is 3.28. The van der Waals surface area contributed by atoms with E-state index in [4.69, 9.17) is 5.73 Å². The number of carbonyl (C=O) groups excluding carboxylic acids is 1. The minimum absolute atomic E-state index is 0.0243. The summed E-state index contributed by atoms with van der Waals surface area (Å²) in [6.07, 6.45) is -4.90. The number of benzene rings is 2. The molecule has 0 saturated heterocycles. The lowest BCUT2D eigenvalue weighted by Crippen LogP contribution is -2.17. The van der Waals surface area contributed by atoms with Gasteiger partial charge in [-0.3, -0.25) is 9.89 Å². The molecule has 1 amide bonds. The maximum absolute atomic E-state index is 14.0. The number of aromatic nitrogens is 3. The van der Waals surface area contributed by atoms with Gasteiger partial charge in [0.25, 0.3) is 5.91 Å². The van der Waals surface area contributed by atoms with E-state index in [2.05, 4.69) is 19.9 Å². The Labute approximate surface area is 143 Å². The van der Waals surface area contributed by atoms with Gasteiger partial charge in [-0.2, -0.15) is 5.10 Å². The average Bonchev–Trinajstić information content (AvgIpc) is 3.03. The van der Waals surface area contributed by atoms with Crippen molar-refractivity contribution in [2.45, 2.75) is 6.36 Å². The van der Waals surface area contributed by atoms with Gasteiger partial charge in [0.15, 0.2) is 5.82 Å². The molecule has 6 nitrogen and oxygen atoms in total. The lowest BCUT2D eigenvalue weighted by atomic mass is 10.0. The molecular formula is C16H10F4N4O2. The van der Waals surface area contributed by atoms with Gasteiger partial charge in [0, 0.05) is 11.1 Å². The summed E-state index contributed by atoms with van der Waals surface area (Å²) in [5.41, 5.74) is 5.35. The number of halogens is 4. The number of hydrogen-bond donors (Lipinski definition) is 2. The molecule has 1 aromatic heterocycles. The highest BCUT2D eigenvalue weighted by Crippen LogP contribution is 2.35. The van der Waals surface area contributed by atoms with Crippen LogP contribution in [0.25, 0.3) is 22.5 Å². The van der Waals surface area contributed by atoms with Crippen LogP contribution in [0, 0.1) is 5.82 Å². The fourth-order valence-corrected chi connectivity index (χ4v) is 2.29. The third kappa shape index (κ3) is 3.79. The molecular weight excluding hydrogens is 356 g/mol. The number of amides is 1. The molecule has 0 aliphatic heterocycles. The van der Waals surface area contributed by atoms with Gasteiger partial charge in [0.05, 0.1) is 0 Å². The molecule has 0 atom stereocenters. The molecule has 2 aromatic carbocycles. The summed E-state index contributed by atoms with van der Waals surface area (Å²) >= 11 is 0. The third-order valence-corrected chi connectivity index (χ3v) is 3.30. The lowest BCUT2D eigenvalue weighted by Gasteiger charge is -2.13. The standard InChI is InChI=1S/C16H10F4N4O2/c17-10-6-8(11-3-1-2-4-12(11)26-16(18,19)20)5-9(7-10)14-22-15(13(21)25)24-23-14/h1-7H,(H2,21,25)(H,22,23,24). The second-order valence-electron chi connectivity index (χ2n) is 5.14. The van der Waals surface area contributed by atoms with Gasteiger partial charge in [0.1, 0.15) is 11.6 Å². The van der Waals surface area contributed by atoms with Gasteiger partial charge in [0.2, 0.25) is 5.82 Å². The Morgan fingerprint density at radius 3 is 2.46 bits per heavy atom. The van der Waals surface area contributed by atoms with Gasteiger partial charge in [-0.15, -0.1) is 13.2 Å². The van der Waals surface area contributed by atoms with Crippen LogP contribution in [0.15, 0.2) is 42.5 Å². The zero-order valence-corrected chi connectivity index (χ0v) is 12.8. The summed E-state index contributed by atoms with van der Waals surface area (Å²) in [5, 5.41) is 6.04. The summed E-state index contributed by atoms with van der Waals surface area (Å²) in [6, 6.07) is 8.81. The number of ether oxygens (including phenoxy) is 1.